The van der Waals surface area contributed by atoms with Crippen LogP contribution in [0.4, 0.5) is 5.69 Å². The minimum absolute atomic E-state index is 0.417. The van der Waals surface area contributed by atoms with Gasteiger partial charge in [0.15, 0.2) is 0 Å². The zero-order chi connectivity index (χ0) is 13.8. The molecule has 2 N–H and O–H groups in total. The molecule has 1 aliphatic rings. The third kappa shape index (κ3) is 3.59. The first kappa shape index (κ1) is 14.6. The standard InChI is InChI=1S/C14H19ClN2OS/c1-18-9-10-3-2-6-17(8-10)13-7-11(15)4-5-12(13)14(16)19/h4-5,7,10H,2-3,6,8-9H2,1H3,(H2,16,19). The maximum atomic E-state index is 6.10. The van der Waals surface area contributed by atoms with Crippen molar-refractivity contribution in [1.82, 2.24) is 0 Å². The van der Waals surface area contributed by atoms with Gasteiger partial charge in [-0.25, -0.2) is 0 Å². The molecule has 1 unspecified atom stereocenters. The van der Waals surface area contributed by atoms with Gasteiger partial charge in [-0.05, 0) is 37.0 Å². The minimum atomic E-state index is 0.417. The highest BCUT2D eigenvalue weighted by molar-refractivity contribution is 7.80. The van der Waals surface area contributed by atoms with E-state index < -0.39 is 0 Å². The average Bonchev–Trinajstić information content (AvgIpc) is 2.39. The number of benzene rings is 1. The van der Waals surface area contributed by atoms with Crippen molar-refractivity contribution >= 4 is 34.5 Å². The third-order valence-corrected chi connectivity index (χ3v) is 3.94. The van der Waals surface area contributed by atoms with Crippen molar-refractivity contribution in [2.75, 3.05) is 31.7 Å². The molecule has 0 aromatic heterocycles. The third-order valence-electron chi connectivity index (χ3n) is 3.49. The lowest BCUT2D eigenvalue weighted by molar-refractivity contribution is 0.143. The van der Waals surface area contributed by atoms with Crippen LogP contribution in [0.5, 0.6) is 0 Å². The van der Waals surface area contributed by atoms with Gasteiger partial charge in [-0.3, -0.25) is 0 Å². The van der Waals surface area contributed by atoms with Gasteiger partial charge >= 0.3 is 0 Å². The summed E-state index contributed by atoms with van der Waals surface area (Å²) < 4.78 is 5.26. The Morgan fingerprint density at radius 2 is 2.37 bits per heavy atom. The normalized spacial score (nSPS) is 19.5. The minimum Gasteiger partial charge on any atom is -0.389 e. The molecule has 1 heterocycles. The van der Waals surface area contributed by atoms with E-state index in [4.69, 9.17) is 34.3 Å². The molecule has 3 nitrogen and oxygen atoms in total. The highest BCUT2D eigenvalue weighted by Crippen LogP contribution is 2.29. The maximum Gasteiger partial charge on any atom is 0.106 e. The van der Waals surface area contributed by atoms with Gasteiger partial charge in [0.2, 0.25) is 0 Å². The first-order valence-electron chi connectivity index (χ1n) is 6.45. The molecule has 1 aromatic rings. The molecule has 0 aliphatic carbocycles. The van der Waals surface area contributed by atoms with Gasteiger partial charge in [0, 0.05) is 36.5 Å². The second kappa shape index (κ2) is 6.55. The number of ether oxygens (including phenoxy) is 1. The molecule has 5 heteroatoms. The molecule has 0 spiro atoms. The van der Waals surface area contributed by atoms with E-state index in [-0.39, 0.29) is 0 Å². The number of hydrogen-bond acceptors (Lipinski definition) is 3. The Bertz CT molecular complexity index is 465. The van der Waals surface area contributed by atoms with E-state index in [0.29, 0.717) is 15.9 Å². The van der Waals surface area contributed by atoms with Gasteiger partial charge in [-0.2, -0.15) is 0 Å². The molecule has 104 valence electrons. The molecule has 0 amide bonds. The Kier molecular flexibility index (Phi) is 5.02. The maximum absolute atomic E-state index is 6.10. The smallest absolute Gasteiger partial charge is 0.106 e. The Balaban J connectivity index is 2.24. The summed E-state index contributed by atoms with van der Waals surface area (Å²) in [5.74, 6) is 0.553. The fraction of sp³-hybridized carbons (Fsp3) is 0.500. The van der Waals surface area contributed by atoms with E-state index in [9.17, 15) is 0 Å². The second-order valence-corrected chi connectivity index (χ2v) is 5.81. The number of piperidine rings is 1. The Morgan fingerprint density at radius 3 is 3.05 bits per heavy atom. The number of thiocarbonyl (C=S) groups is 1. The largest absolute Gasteiger partial charge is 0.389 e. The summed E-state index contributed by atoms with van der Waals surface area (Å²) in [6.45, 7) is 2.76. The van der Waals surface area contributed by atoms with Crippen LogP contribution in [0.25, 0.3) is 0 Å². The number of anilines is 1. The van der Waals surface area contributed by atoms with Crippen LogP contribution in [0.15, 0.2) is 18.2 Å². The van der Waals surface area contributed by atoms with Crippen LogP contribution in [-0.4, -0.2) is 31.8 Å². The summed E-state index contributed by atoms with van der Waals surface area (Å²) >= 11 is 11.2. The lowest BCUT2D eigenvalue weighted by atomic mass is 9.97. The van der Waals surface area contributed by atoms with Crippen LogP contribution >= 0.6 is 23.8 Å². The summed E-state index contributed by atoms with van der Waals surface area (Å²) in [5, 5.41) is 0.712. The number of hydrogen-bond donors (Lipinski definition) is 1. The topological polar surface area (TPSA) is 38.5 Å². The van der Waals surface area contributed by atoms with Crippen molar-refractivity contribution in [3.8, 4) is 0 Å². The van der Waals surface area contributed by atoms with E-state index >= 15 is 0 Å². The summed E-state index contributed by atoms with van der Waals surface area (Å²) in [5.41, 5.74) is 7.74. The predicted molar refractivity (Wildman–Crippen MR) is 84.2 cm³/mol. The molecule has 1 saturated heterocycles. The Hall–Kier alpha value is -0.840. The number of nitrogens with two attached hydrogens (primary N) is 1. The molecular formula is C14H19ClN2OS. The van der Waals surface area contributed by atoms with E-state index in [1.165, 1.54) is 6.42 Å². The van der Waals surface area contributed by atoms with Crippen molar-refractivity contribution in [3.63, 3.8) is 0 Å². The molecule has 1 fully saturated rings. The Labute approximate surface area is 124 Å². The van der Waals surface area contributed by atoms with Gasteiger partial charge in [0.05, 0.1) is 6.61 Å². The summed E-state index contributed by atoms with van der Waals surface area (Å²) in [4.78, 5) is 2.73. The number of nitrogens with zero attached hydrogens (tertiary/aromatic N) is 1. The quantitative estimate of drug-likeness (QED) is 0.868. The molecule has 1 aliphatic heterocycles. The SMILES string of the molecule is COCC1CCCN(c2cc(Cl)ccc2C(N)=S)C1. The number of halogens is 1. The second-order valence-electron chi connectivity index (χ2n) is 4.94. The van der Waals surface area contributed by atoms with Gasteiger partial charge in [-0.1, -0.05) is 23.8 Å². The van der Waals surface area contributed by atoms with Crippen molar-refractivity contribution in [1.29, 1.82) is 0 Å². The zero-order valence-electron chi connectivity index (χ0n) is 11.1. The summed E-state index contributed by atoms with van der Waals surface area (Å²) in [6.07, 6.45) is 2.35. The molecule has 0 saturated carbocycles. The van der Waals surface area contributed by atoms with Crippen LogP contribution in [0.1, 0.15) is 18.4 Å². The van der Waals surface area contributed by atoms with Gasteiger partial charge in [0.1, 0.15) is 4.99 Å². The van der Waals surface area contributed by atoms with Crippen molar-refractivity contribution < 1.29 is 4.74 Å². The molecule has 19 heavy (non-hydrogen) atoms. The van der Waals surface area contributed by atoms with Gasteiger partial charge in [-0.15, -0.1) is 0 Å². The lowest BCUT2D eigenvalue weighted by Crippen LogP contribution is -2.38. The number of methoxy groups -OCH3 is 1. The van der Waals surface area contributed by atoms with Crippen LogP contribution in [-0.2, 0) is 4.74 Å². The van der Waals surface area contributed by atoms with Crippen molar-refractivity contribution in [2.24, 2.45) is 11.7 Å². The van der Waals surface area contributed by atoms with Crippen LogP contribution in [0, 0.1) is 5.92 Å². The number of rotatable bonds is 4. The fourth-order valence-corrected chi connectivity index (χ4v) is 2.97. The highest BCUT2D eigenvalue weighted by atomic mass is 35.5. The van der Waals surface area contributed by atoms with E-state index in [1.807, 2.05) is 18.2 Å². The van der Waals surface area contributed by atoms with E-state index in [0.717, 1.165) is 37.4 Å². The van der Waals surface area contributed by atoms with Gasteiger partial charge < -0.3 is 15.4 Å². The molecule has 1 aromatic carbocycles. The molecule has 1 atom stereocenters. The van der Waals surface area contributed by atoms with Gasteiger partial charge in [0.25, 0.3) is 0 Å². The van der Waals surface area contributed by atoms with Crippen LogP contribution < -0.4 is 10.6 Å². The lowest BCUT2D eigenvalue weighted by Gasteiger charge is -2.35. The monoisotopic (exact) mass is 298 g/mol. The molecule has 0 radical (unpaired) electrons. The predicted octanol–water partition coefficient (Wildman–Crippen LogP) is 2.84. The average molecular weight is 299 g/mol. The van der Waals surface area contributed by atoms with E-state index in [1.54, 1.807) is 7.11 Å². The fourth-order valence-electron chi connectivity index (χ4n) is 2.63. The first-order valence-corrected chi connectivity index (χ1v) is 7.23. The van der Waals surface area contributed by atoms with E-state index in [2.05, 4.69) is 4.90 Å². The molecule has 2 rings (SSSR count). The van der Waals surface area contributed by atoms with Crippen molar-refractivity contribution in [2.45, 2.75) is 12.8 Å². The van der Waals surface area contributed by atoms with Crippen LogP contribution in [0.2, 0.25) is 5.02 Å². The molecular weight excluding hydrogens is 280 g/mol. The highest BCUT2D eigenvalue weighted by Gasteiger charge is 2.22. The summed E-state index contributed by atoms with van der Waals surface area (Å²) in [7, 11) is 1.75. The molecule has 0 bridgehead atoms. The van der Waals surface area contributed by atoms with Crippen LogP contribution in [0.3, 0.4) is 0 Å². The first-order chi connectivity index (χ1) is 9.11. The zero-order valence-corrected chi connectivity index (χ0v) is 12.6. The van der Waals surface area contributed by atoms with Crippen molar-refractivity contribution in [3.05, 3.63) is 28.8 Å². The summed E-state index contributed by atoms with van der Waals surface area (Å²) in [6, 6.07) is 5.68. The Morgan fingerprint density at radius 1 is 1.58 bits per heavy atom.